The van der Waals surface area contributed by atoms with Crippen molar-refractivity contribution in [1.82, 2.24) is 0 Å². The lowest BCUT2D eigenvalue weighted by Crippen LogP contribution is -2.34. The van der Waals surface area contributed by atoms with Gasteiger partial charge in [-0.15, -0.1) is 0 Å². The summed E-state index contributed by atoms with van der Waals surface area (Å²) in [4.78, 5) is 0. The van der Waals surface area contributed by atoms with Gasteiger partial charge in [0.05, 0.1) is 7.11 Å². The quantitative estimate of drug-likeness (QED) is 0.842. The maximum absolute atomic E-state index is 9.82. The summed E-state index contributed by atoms with van der Waals surface area (Å²) < 4.78 is 5.28. The molecule has 0 spiro atoms. The van der Waals surface area contributed by atoms with Crippen molar-refractivity contribution in [3.63, 3.8) is 0 Å². The first-order valence-electron chi connectivity index (χ1n) is 6.70. The first-order chi connectivity index (χ1) is 8.75. The molecule has 0 bridgehead atoms. The van der Waals surface area contributed by atoms with Gasteiger partial charge in [-0.1, -0.05) is 25.0 Å². The third-order valence-corrected chi connectivity index (χ3v) is 4.39. The van der Waals surface area contributed by atoms with Gasteiger partial charge < -0.3 is 15.6 Å². The molecule has 1 aliphatic carbocycles. The second-order valence-electron chi connectivity index (χ2n) is 5.29. The summed E-state index contributed by atoms with van der Waals surface area (Å²) in [6.07, 6.45) is 4.53. The second-order valence-corrected chi connectivity index (χ2v) is 5.29. The van der Waals surface area contributed by atoms with Crippen molar-refractivity contribution in [2.24, 2.45) is 11.1 Å². The van der Waals surface area contributed by atoms with E-state index in [1.807, 2.05) is 18.2 Å². The Labute approximate surface area is 109 Å². The van der Waals surface area contributed by atoms with Gasteiger partial charge in [0.1, 0.15) is 5.75 Å². The fraction of sp³-hybridized carbons (Fsp3) is 0.600. The maximum atomic E-state index is 9.82. The molecule has 1 saturated carbocycles. The normalized spacial score (nSPS) is 19.7. The van der Waals surface area contributed by atoms with Crippen molar-refractivity contribution >= 4 is 0 Å². The molecular weight excluding hydrogens is 226 g/mol. The van der Waals surface area contributed by atoms with Gasteiger partial charge in [0.25, 0.3) is 0 Å². The van der Waals surface area contributed by atoms with E-state index in [9.17, 15) is 5.11 Å². The SMILES string of the molecule is COc1cccc([C@H](CN)C2(CO)CCCC2)c1. The van der Waals surface area contributed by atoms with E-state index in [4.69, 9.17) is 10.5 Å². The summed E-state index contributed by atoms with van der Waals surface area (Å²) in [5.41, 5.74) is 7.15. The van der Waals surface area contributed by atoms with Crippen LogP contribution in [0.3, 0.4) is 0 Å². The predicted octanol–water partition coefficient (Wildman–Crippen LogP) is 2.29. The van der Waals surface area contributed by atoms with Crippen LogP contribution in [-0.4, -0.2) is 25.4 Å². The second kappa shape index (κ2) is 5.72. The Balaban J connectivity index is 2.31. The number of hydrogen-bond acceptors (Lipinski definition) is 3. The molecule has 3 heteroatoms. The maximum Gasteiger partial charge on any atom is 0.119 e. The van der Waals surface area contributed by atoms with E-state index in [-0.39, 0.29) is 17.9 Å². The van der Waals surface area contributed by atoms with Gasteiger partial charge >= 0.3 is 0 Å². The largest absolute Gasteiger partial charge is 0.497 e. The Morgan fingerprint density at radius 3 is 2.67 bits per heavy atom. The molecule has 0 heterocycles. The first kappa shape index (κ1) is 13.4. The van der Waals surface area contributed by atoms with Crippen molar-refractivity contribution in [3.8, 4) is 5.75 Å². The zero-order valence-corrected chi connectivity index (χ0v) is 11.1. The first-order valence-corrected chi connectivity index (χ1v) is 6.70. The molecule has 0 saturated heterocycles. The van der Waals surface area contributed by atoms with Gasteiger partial charge in [-0.2, -0.15) is 0 Å². The summed E-state index contributed by atoms with van der Waals surface area (Å²) in [7, 11) is 1.67. The molecule has 1 atom stereocenters. The standard InChI is InChI=1S/C15H23NO2/c1-18-13-6-4-5-12(9-13)14(10-16)15(11-17)7-2-3-8-15/h4-6,9,14,17H,2-3,7-8,10-11,16H2,1H3/t14-/m0/s1. The van der Waals surface area contributed by atoms with Crippen LogP contribution in [0.4, 0.5) is 0 Å². The van der Waals surface area contributed by atoms with Crippen LogP contribution in [0.25, 0.3) is 0 Å². The summed E-state index contributed by atoms with van der Waals surface area (Å²) in [5.74, 6) is 1.08. The minimum atomic E-state index is -0.0267. The molecule has 1 aromatic carbocycles. The zero-order chi connectivity index (χ0) is 13.0. The van der Waals surface area contributed by atoms with Crippen LogP contribution in [0, 0.1) is 5.41 Å². The van der Waals surface area contributed by atoms with Crippen molar-refractivity contribution in [2.75, 3.05) is 20.3 Å². The monoisotopic (exact) mass is 249 g/mol. The van der Waals surface area contributed by atoms with E-state index in [1.165, 1.54) is 18.4 Å². The van der Waals surface area contributed by atoms with E-state index in [1.54, 1.807) is 7.11 Å². The van der Waals surface area contributed by atoms with E-state index in [2.05, 4.69) is 6.07 Å². The topological polar surface area (TPSA) is 55.5 Å². The van der Waals surface area contributed by atoms with Gasteiger partial charge in [-0.3, -0.25) is 0 Å². The molecule has 3 nitrogen and oxygen atoms in total. The molecule has 1 aromatic rings. The highest BCUT2D eigenvalue weighted by atomic mass is 16.5. The van der Waals surface area contributed by atoms with Gasteiger partial charge in [0, 0.05) is 17.9 Å². The smallest absolute Gasteiger partial charge is 0.119 e. The lowest BCUT2D eigenvalue weighted by atomic mass is 9.71. The van der Waals surface area contributed by atoms with Crippen LogP contribution in [-0.2, 0) is 0 Å². The Morgan fingerprint density at radius 2 is 2.11 bits per heavy atom. The van der Waals surface area contributed by atoms with E-state index in [0.717, 1.165) is 18.6 Å². The number of ether oxygens (including phenoxy) is 1. The Morgan fingerprint density at radius 1 is 1.39 bits per heavy atom. The van der Waals surface area contributed by atoms with E-state index >= 15 is 0 Å². The fourth-order valence-corrected chi connectivity index (χ4v) is 3.29. The summed E-state index contributed by atoms with van der Waals surface area (Å²) in [6.45, 7) is 0.805. The number of aliphatic hydroxyl groups excluding tert-OH is 1. The van der Waals surface area contributed by atoms with E-state index < -0.39 is 0 Å². The Hall–Kier alpha value is -1.06. The molecule has 100 valence electrons. The molecular formula is C15H23NO2. The zero-order valence-electron chi connectivity index (χ0n) is 11.1. The number of rotatable bonds is 5. The molecule has 1 aliphatic rings. The predicted molar refractivity (Wildman–Crippen MR) is 72.8 cm³/mol. The molecule has 0 aliphatic heterocycles. The summed E-state index contributed by atoms with van der Waals surface area (Å²) in [5, 5.41) is 9.82. The molecule has 0 unspecified atom stereocenters. The highest BCUT2D eigenvalue weighted by molar-refractivity contribution is 5.32. The minimum Gasteiger partial charge on any atom is -0.497 e. The minimum absolute atomic E-state index is 0.0267. The van der Waals surface area contributed by atoms with Gasteiger partial charge in [0.2, 0.25) is 0 Å². The molecule has 0 aromatic heterocycles. The highest BCUT2D eigenvalue weighted by Crippen LogP contribution is 2.48. The highest BCUT2D eigenvalue weighted by Gasteiger charge is 2.40. The van der Waals surface area contributed by atoms with Gasteiger partial charge in [-0.25, -0.2) is 0 Å². The average Bonchev–Trinajstić information content (AvgIpc) is 2.90. The van der Waals surface area contributed by atoms with Crippen LogP contribution < -0.4 is 10.5 Å². The van der Waals surface area contributed by atoms with Crippen molar-refractivity contribution in [3.05, 3.63) is 29.8 Å². The lowest BCUT2D eigenvalue weighted by molar-refractivity contribution is 0.102. The third-order valence-electron chi connectivity index (χ3n) is 4.39. The average molecular weight is 249 g/mol. The Bertz CT molecular complexity index is 386. The fourth-order valence-electron chi connectivity index (χ4n) is 3.29. The van der Waals surface area contributed by atoms with Crippen LogP contribution in [0.2, 0.25) is 0 Å². The van der Waals surface area contributed by atoms with Crippen molar-refractivity contribution in [2.45, 2.75) is 31.6 Å². The molecule has 0 amide bonds. The van der Waals surface area contributed by atoms with Crippen LogP contribution in [0.5, 0.6) is 5.75 Å². The van der Waals surface area contributed by atoms with Crippen LogP contribution in [0.15, 0.2) is 24.3 Å². The van der Waals surface area contributed by atoms with E-state index in [0.29, 0.717) is 6.54 Å². The van der Waals surface area contributed by atoms with Crippen LogP contribution in [0.1, 0.15) is 37.2 Å². The molecule has 18 heavy (non-hydrogen) atoms. The Kier molecular flexibility index (Phi) is 4.25. The third kappa shape index (κ3) is 2.38. The number of aliphatic hydroxyl groups is 1. The molecule has 2 rings (SSSR count). The number of methoxy groups -OCH3 is 1. The summed E-state index contributed by atoms with van der Waals surface area (Å²) >= 11 is 0. The number of benzene rings is 1. The van der Waals surface area contributed by atoms with Crippen LogP contribution >= 0.6 is 0 Å². The van der Waals surface area contributed by atoms with Crippen molar-refractivity contribution < 1.29 is 9.84 Å². The molecule has 0 radical (unpaired) electrons. The van der Waals surface area contributed by atoms with Gasteiger partial charge in [-0.05, 0) is 37.1 Å². The number of nitrogens with two attached hydrogens (primary N) is 1. The molecule has 3 N–H and O–H groups in total. The lowest BCUT2D eigenvalue weighted by Gasteiger charge is -2.35. The molecule has 1 fully saturated rings. The summed E-state index contributed by atoms with van der Waals surface area (Å²) in [6, 6.07) is 8.08. The number of hydrogen-bond donors (Lipinski definition) is 2. The van der Waals surface area contributed by atoms with Crippen molar-refractivity contribution in [1.29, 1.82) is 0 Å². The van der Waals surface area contributed by atoms with Gasteiger partial charge in [0.15, 0.2) is 0 Å².